The van der Waals surface area contributed by atoms with Crippen molar-refractivity contribution >= 4 is 17.9 Å². The van der Waals surface area contributed by atoms with E-state index in [1.807, 2.05) is 61.5 Å². The van der Waals surface area contributed by atoms with Crippen LogP contribution in [-0.4, -0.2) is 17.3 Å². The van der Waals surface area contributed by atoms with Gasteiger partial charge in [-0.05, 0) is 24.6 Å². The summed E-state index contributed by atoms with van der Waals surface area (Å²) in [7, 11) is 0. The molecule has 1 heterocycles. The van der Waals surface area contributed by atoms with Crippen molar-refractivity contribution in [1.82, 2.24) is 0 Å². The molecular formula is C19H17NO3. The number of rotatable bonds is 3. The highest BCUT2D eigenvalue weighted by molar-refractivity contribution is 6.11. The second-order valence-electron chi connectivity index (χ2n) is 5.46. The van der Waals surface area contributed by atoms with Gasteiger partial charge in [-0.25, -0.2) is 4.79 Å². The highest BCUT2D eigenvalue weighted by atomic mass is 16.5. The van der Waals surface area contributed by atoms with Crippen LogP contribution in [0.3, 0.4) is 0 Å². The maximum Gasteiger partial charge on any atom is 0.343 e. The Hall–Kier alpha value is -2.88. The molecule has 2 aromatic rings. The van der Waals surface area contributed by atoms with E-state index in [9.17, 15) is 9.90 Å². The van der Waals surface area contributed by atoms with Crippen molar-refractivity contribution < 1.29 is 14.6 Å². The van der Waals surface area contributed by atoms with Gasteiger partial charge < -0.3 is 9.84 Å². The topological polar surface area (TPSA) is 58.9 Å². The molecule has 0 amide bonds. The molecule has 1 atom stereocenters. The first-order chi connectivity index (χ1) is 11.1. The number of hydrogen-bond acceptors (Lipinski definition) is 4. The maximum absolute atomic E-state index is 12.1. The summed E-state index contributed by atoms with van der Waals surface area (Å²) in [6.07, 6.45) is 1.16. The zero-order chi connectivity index (χ0) is 16.2. The normalized spacial score (nSPS) is 18.3. The Morgan fingerprint density at radius 1 is 1.13 bits per heavy atom. The Bertz CT molecular complexity index is 761. The van der Waals surface area contributed by atoms with Crippen LogP contribution < -0.4 is 0 Å². The number of ether oxygens (including phenoxy) is 1. The van der Waals surface area contributed by atoms with Gasteiger partial charge in [-0.3, -0.25) is 4.99 Å². The van der Waals surface area contributed by atoms with E-state index in [1.54, 1.807) is 0 Å². The molecule has 0 aromatic heterocycles. The minimum atomic E-state index is -0.557. The quantitative estimate of drug-likeness (QED) is 0.683. The van der Waals surface area contributed by atoms with Gasteiger partial charge in [0.15, 0.2) is 0 Å². The first kappa shape index (κ1) is 15.0. The van der Waals surface area contributed by atoms with Gasteiger partial charge in [0, 0.05) is 12.6 Å². The standard InChI is InChI=1S/C19H17NO3/c1-13-7-9-15(10-8-13)20-12-16-17(21)11-18(23-19(16)22)14-5-3-2-4-6-14/h2-10,12,18,21H,11H2,1H3. The summed E-state index contributed by atoms with van der Waals surface area (Å²) >= 11 is 0. The fraction of sp³-hybridized carbons (Fsp3) is 0.158. The molecule has 0 bridgehead atoms. The first-order valence-corrected chi connectivity index (χ1v) is 7.42. The fourth-order valence-corrected chi connectivity index (χ4v) is 2.39. The summed E-state index contributed by atoms with van der Waals surface area (Å²) in [5.74, 6) is -0.551. The van der Waals surface area contributed by atoms with Crippen molar-refractivity contribution in [2.75, 3.05) is 0 Å². The molecule has 2 aromatic carbocycles. The van der Waals surface area contributed by atoms with Gasteiger partial charge in [0.2, 0.25) is 0 Å². The predicted molar refractivity (Wildman–Crippen MR) is 88.9 cm³/mol. The lowest BCUT2D eigenvalue weighted by molar-refractivity contribution is -0.146. The number of carbonyl (C=O) groups excluding carboxylic acids is 1. The van der Waals surface area contributed by atoms with Crippen LogP contribution >= 0.6 is 0 Å². The SMILES string of the molecule is Cc1ccc(N=CC2=C(O)CC(c3ccccc3)OC2=O)cc1. The van der Waals surface area contributed by atoms with E-state index in [2.05, 4.69) is 4.99 Å². The lowest BCUT2D eigenvalue weighted by Crippen LogP contribution is -2.22. The molecule has 0 spiro atoms. The van der Waals surface area contributed by atoms with Crippen molar-refractivity contribution in [3.05, 3.63) is 77.1 Å². The van der Waals surface area contributed by atoms with Crippen molar-refractivity contribution in [2.24, 2.45) is 4.99 Å². The minimum Gasteiger partial charge on any atom is -0.511 e. The third-order valence-corrected chi connectivity index (χ3v) is 3.71. The molecule has 1 unspecified atom stereocenters. The van der Waals surface area contributed by atoms with Crippen molar-refractivity contribution in [3.63, 3.8) is 0 Å². The predicted octanol–water partition coefficient (Wildman–Crippen LogP) is 4.20. The largest absolute Gasteiger partial charge is 0.511 e. The highest BCUT2D eigenvalue weighted by Gasteiger charge is 2.29. The number of aryl methyl sites for hydroxylation is 1. The first-order valence-electron chi connectivity index (χ1n) is 7.42. The van der Waals surface area contributed by atoms with Crippen molar-refractivity contribution in [3.8, 4) is 0 Å². The van der Waals surface area contributed by atoms with Gasteiger partial charge >= 0.3 is 5.97 Å². The highest BCUT2D eigenvalue weighted by Crippen LogP contribution is 2.30. The Labute approximate surface area is 134 Å². The average molecular weight is 307 g/mol. The van der Waals surface area contributed by atoms with E-state index in [0.29, 0.717) is 5.69 Å². The summed E-state index contributed by atoms with van der Waals surface area (Å²) in [4.78, 5) is 16.4. The lowest BCUT2D eigenvalue weighted by Gasteiger charge is -2.23. The third kappa shape index (κ3) is 3.48. The molecule has 0 fully saturated rings. The second-order valence-corrected chi connectivity index (χ2v) is 5.46. The van der Waals surface area contributed by atoms with Gasteiger partial charge in [0.25, 0.3) is 0 Å². The molecule has 116 valence electrons. The summed E-state index contributed by atoms with van der Waals surface area (Å²) < 4.78 is 5.41. The van der Waals surface area contributed by atoms with Crippen LogP contribution in [0, 0.1) is 6.92 Å². The number of hydrogen-bond donors (Lipinski definition) is 1. The number of aliphatic hydroxyl groups excluding tert-OH is 1. The molecule has 3 rings (SSSR count). The van der Waals surface area contributed by atoms with Gasteiger partial charge in [-0.15, -0.1) is 0 Å². The summed E-state index contributed by atoms with van der Waals surface area (Å²) in [5.41, 5.74) is 2.82. The smallest absolute Gasteiger partial charge is 0.343 e. The van der Waals surface area contributed by atoms with E-state index in [0.717, 1.165) is 11.1 Å². The zero-order valence-corrected chi connectivity index (χ0v) is 12.8. The Morgan fingerprint density at radius 2 is 1.83 bits per heavy atom. The van der Waals surface area contributed by atoms with E-state index in [4.69, 9.17) is 4.74 Å². The third-order valence-electron chi connectivity index (χ3n) is 3.71. The van der Waals surface area contributed by atoms with Crippen LogP contribution in [0.1, 0.15) is 23.7 Å². The van der Waals surface area contributed by atoms with Crippen LogP contribution in [0.5, 0.6) is 0 Å². The van der Waals surface area contributed by atoms with Crippen LogP contribution in [0.25, 0.3) is 0 Å². The zero-order valence-electron chi connectivity index (χ0n) is 12.8. The summed E-state index contributed by atoms with van der Waals surface area (Å²) in [6, 6.07) is 17.0. The van der Waals surface area contributed by atoms with Crippen LogP contribution in [-0.2, 0) is 9.53 Å². The van der Waals surface area contributed by atoms with Crippen molar-refractivity contribution in [2.45, 2.75) is 19.4 Å². The van der Waals surface area contributed by atoms with E-state index >= 15 is 0 Å². The molecule has 23 heavy (non-hydrogen) atoms. The molecule has 0 saturated heterocycles. The van der Waals surface area contributed by atoms with Gasteiger partial charge in [-0.1, -0.05) is 48.0 Å². The Kier molecular flexibility index (Phi) is 4.24. The van der Waals surface area contributed by atoms with Gasteiger partial charge in [-0.2, -0.15) is 0 Å². The molecule has 1 aliphatic rings. The summed E-state index contributed by atoms with van der Waals surface area (Å²) in [5, 5.41) is 10.2. The van der Waals surface area contributed by atoms with Crippen molar-refractivity contribution in [1.29, 1.82) is 0 Å². The number of carbonyl (C=O) groups is 1. The molecular weight excluding hydrogens is 290 g/mol. The number of cyclic esters (lactones) is 1. The Morgan fingerprint density at radius 3 is 2.48 bits per heavy atom. The number of aliphatic imine (C=N–C) groups is 1. The van der Waals surface area contributed by atoms with E-state index in [-0.39, 0.29) is 17.8 Å². The van der Waals surface area contributed by atoms with Crippen LogP contribution in [0.2, 0.25) is 0 Å². The van der Waals surface area contributed by atoms with Crippen LogP contribution in [0.4, 0.5) is 5.69 Å². The summed E-state index contributed by atoms with van der Waals surface area (Å²) in [6.45, 7) is 1.99. The lowest BCUT2D eigenvalue weighted by atomic mass is 10.0. The average Bonchev–Trinajstić information content (AvgIpc) is 2.56. The maximum atomic E-state index is 12.1. The van der Waals surface area contributed by atoms with Crippen LogP contribution in [0.15, 0.2) is 70.9 Å². The monoisotopic (exact) mass is 307 g/mol. The second kappa shape index (κ2) is 6.48. The fourth-order valence-electron chi connectivity index (χ4n) is 2.39. The molecule has 1 aliphatic heterocycles. The molecule has 0 saturated carbocycles. The molecule has 0 aliphatic carbocycles. The molecule has 0 radical (unpaired) electrons. The number of benzene rings is 2. The minimum absolute atomic E-state index is 0.00552. The Balaban J connectivity index is 1.80. The molecule has 4 nitrogen and oxygen atoms in total. The van der Waals surface area contributed by atoms with E-state index in [1.165, 1.54) is 6.21 Å². The number of esters is 1. The molecule has 4 heteroatoms. The van der Waals surface area contributed by atoms with Gasteiger partial charge in [0.05, 0.1) is 5.69 Å². The van der Waals surface area contributed by atoms with E-state index < -0.39 is 12.1 Å². The van der Waals surface area contributed by atoms with Gasteiger partial charge in [0.1, 0.15) is 17.4 Å². The number of aliphatic hydroxyl groups is 1. The molecule has 1 N–H and O–H groups in total. The number of nitrogens with zero attached hydrogens (tertiary/aromatic N) is 1.